The number of nitrogens with zero attached hydrogens (tertiary/aromatic N) is 1. The molecule has 5 atom stereocenters. The molecular formula is C13H19NO5S3. The van der Waals surface area contributed by atoms with Crippen LogP contribution in [0.1, 0.15) is 20.3 Å². The molecule has 2 rings (SSSR count). The van der Waals surface area contributed by atoms with Gasteiger partial charge in [0.15, 0.2) is 0 Å². The van der Waals surface area contributed by atoms with Crippen LogP contribution in [0.15, 0.2) is 9.93 Å². The number of likely N-dealkylation sites (tertiary alicyclic amines) is 1. The molecule has 0 aromatic carbocycles. The number of aliphatic hydroxyl groups is 1. The minimum atomic E-state index is -1.22. The molecule has 0 aromatic rings. The predicted octanol–water partition coefficient (Wildman–Crippen LogP) is 0.652. The maximum absolute atomic E-state index is 12.1. The van der Waals surface area contributed by atoms with E-state index in [4.69, 9.17) is 0 Å². The second kappa shape index (κ2) is 7.04. The zero-order valence-electron chi connectivity index (χ0n) is 12.3. The Kier molecular flexibility index (Phi) is 5.76. The fourth-order valence-corrected chi connectivity index (χ4v) is 6.48. The summed E-state index contributed by atoms with van der Waals surface area (Å²) in [6.45, 7) is 3.23. The highest BCUT2D eigenvalue weighted by molar-refractivity contribution is 8.16. The van der Waals surface area contributed by atoms with Crippen molar-refractivity contribution in [3.8, 4) is 0 Å². The average Bonchev–Trinajstić information content (AvgIpc) is 2.80. The predicted molar refractivity (Wildman–Crippen MR) is 89.0 cm³/mol. The van der Waals surface area contributed by atoms with E-state index in [9.17, 15) is 24.4 Å². The summed E-state index contributed by atoms with van der Waals surface area (Å²) in [6, 6.07) is -0.390. The first-order valence-corrected chi connectivity index (χ1v) is 9.74. The third-order valence-corrected chi connectivity index (χ3v) is 7.29. The second-order valence-electron chi connectivity index (χ2n) is 5.51. The van der Waals surface area contributed by atoms with Crippen molar-refractivity contribution in [2.75, 3.05) is 11.5 Å². The van der Waals surface area contributed by atoms with Crippen LogP contribution in [0.25, 0.3) is 0 Å². The lowest BCUT2D eigenvalue weighted by atomic mass is 9.84. The van der Waals surface area contributed by atoms with Crippen LogP contribution in [0.3, 0.4) is 0 Å². The van der Waals surface area contributed by atoms with Gasteiger partial charge in [-0.2, -0.15) is 0 Å². The van der Waals surface area contributed by atoms with E-state index in [0.29, 0.717) is 11.5 Å². The lowest BCUT2D eigenvalue weighted by Gasteiger charge is -2.46. The topological polar surface area (TPSA) is 101 Å². The summed E-state index contributed by atoms with van der Waals surface area (Å²) < 4.78 is 11.7. The molecule has 2 aliphatic heterocycles. The largest absolute Gasteiger partial charge is 0.616 e. The van der Waals surface area contributed by atoms with Gasteiger partial charge in [-0.05, 0) is 13.8 Å². The minimum Gasteiger partial charge on any atom is -0.616 e. The van der Waals surface area contributed by atoms with Crippen molar-refractivity contribution < 1.29 is 24.4 Å². The lowest BCUT2D eigenvalue weighted by Crippen LogP contribution is -2.63. The quantitative estimate of drug-likeness (QED) is 0.286. The Morgan fingerprint density at radius 2 is 2.23 bits per heavy atom. The molecule has 6 nitrogen and oxygen atoms in total. The van der Waals surface area contributed by atoms with Crippen LogP contribution in [-0.2, 0) is 20.8 Å². The molecule has 2 N–H and O–H groups in total. The first-order valence-electron chi connectivity index (χ1n) is 6.93. The second-order valence-corrected chi connectivity index (χ2v) is 9.19. The molecule has 0 spiro atoms. The van der Waals surface area contributed by atoms with Crippen LogP contribution >= 0.6 is 24.4 Å². The number of carbonyl (C=O) groups excluding carboxylic acids is 1. The Morgan fingerprint density at radius 3 is 2.64 bits per heavy atom. The van der Waals surface area contributed by atoms with Crippen LogP contribution in [0.4, 0.5) is 0 Å². The SMILES string of the molecule is CC(O)C1C(=O)N(/C(C(=O)O)=C(\S)S[C@H]2CC[S+]([O-])C2)[C@@H]1C. The normalized spacial score (nSPS) is 34.2. The van der Waals surface area contributed by atoms with Crippen molar-refractivity contribution in [3.63, 3.8) is 0 Å². The van der Waals surface area contributed by atoms with Crippen LogP contribution in [-0.4, -0.2) is 60.4 Å². The van der Waals surface area contributed by atoms with E-state index in [2.05, 4.69) is 12.6 Å². The fraction of sp³-hybridized carbons (Fsp3) is 0.692. The number of β-lactam (4-membered cyclic amide) rings is 1. The Morgan fingerprint density at radius 1 is 1.59 bits per heavy atom. The van der Waals surface area contributed by atoms with Gasteiger partial charge < -0.3 is 19.7 Å². The van der Waals surface area contributed by atoms with E-state index in [1.165, 1.54) is 23.6 Å². The van der Waals surface area contributed by atoms with Crippen LogP contribution in [0.5, 0.6) is 0 Å². The summed E-state index contributed by atoms with van der Waals surface area (Å²) in [4.78, 5) is 24.9. The van der Waals surface area contributed by atoms with Gasteiger partial charge in [0.2, 0.25) is 5.91 Å². The standard InChI is InChI=1S/C13H19NO5S3/c1-6-9(7(2)15)11(16)14(6)10(12(17)18)13(20)21-8-3-4-22(19)5-8/h6-9,15,20H,3-5H2,1-2H3,(H,17,18)/b13-10+/t6-,7?,8+,9?,22?/m1/s1. The van der Waals surface area contributed by atoms with Crippen molar-refractivity contribution in [1.82, 2.24) is 4.90 Å². The highest BCUT2D eigenvalue weighted by Crippen LogP contribution is 2.40. The number of aliphatic hydroxyl groups excluding tert-OH is 1. The van der Waals surface area contributed by atoms with Crippen LogP contribution < -0.4 is 0 Å². The lowest BCUT2D eigenvalue weighted by molar-refractivity contribution is -0.162. The molecule has 3 unspecified atom stereocenters. The number of carboxylic acid groups (broad SMARTS) is 1. The maximum atomic E-state index is 12.1. The Labute approximate surface area is 141 Å². The number of hydrogen-bond acceptors (Lipinski definition) is 6. The molecule has 0 aliphatic carbocycles. The van der Waals surface area contributed by atoms with Gasteiger partial charge in [-0.25, -0.2) is 4.79 Å². The highest BCUT2D eigenvalue weighted by Gasteiger charge is 2.50. The molecule has 0 bridgehead atoms. The molecule has 2 heterocycles. The van der Waals surface area contributed by atoms with Gasteiger partial charge in [-0.3, -0.25) is 4.79 Å². The maximum Gasteiger partial charge on any atom is 0.354 e. The monoisotopic (exact) mass is 365 g/mol. The number of thiol groups is 1. The van der Waals surface area contributed by atoms with Crippen LogP contribution in [0.2, 0.25) is 0 Å². The third kappa shape index (κ3) is 3.43. The van der Waals surface area contributed by atoms with Crippen LogP contribution in [0, 0.1) is 5.92 Å². The summed E-state index contributed by atoms with van der Waals surface area (Å²) in [7, 11) is 0. The van der Waals surface area contributed by atoms with E-state index in [1.807, 2.05) is 0 Å². The van der Waals surface area contributed by atoms with Gasteiger partial charge in [0.1, 0.15) is 17.2 Å². The van der Waals surface area contributed by atoms with Gasteiger partial charge >= 0.3 is 5.97 Å². The number of carbonyl (C=O) groups is 2. The van der Waals surface area contributed by atoms with Crippen molar-refractivity contribution in [2.45, 2.75) is 37.7 Å². The summed E-state index contributed by atoms with van der Waals surface area (Å²) in [5.74, 6) is -1.08. The highest BCUT2D eigenvalue weighted by atomic mass is 32.2. The number of rotatable bonds is 5. The molecule has 22 heavy (non-hydrogen) atoms. The molecule has 0 aromatic heterocycles. The molecule has 2 fully saturated rings. The molecule has 2 aliphatic rings. The van der Waals surface area contributed by atoms with E-state index in [0.717, 1.165) is 6.42 Å². The van der Waals surface area contributed by atoms with Gasteiger partial charge in [0, 0.05) is 12.5 Å². The first-order chi connectivity index (χ1) is 10.2. The fourth-order valence-electron chi connectivity index (χ4n) is 2.81. The Balaban J connectivity index is 2.18. The first kappa shape index (κ1) is 18.0. The van der Waals surface area contributed by atoms with E-state index >= 15 is 0 Å². The van der Waals surface area contributed by atoms with Gasteiger partial charge in [-0.15, -0.1) is 24.4 Å². The Hall–Kier alpha value is -0.350. The van der Waals surface area contributed by atoms with E-state index < -0.39 is 35.1 Å². The molecule has 0 radical (unpaired) electrons. The van der Waals surface area contributed by atoms with Crippen molar-refractivity contribution in [2.24, 2.45) is 5.92 Å². The smallest absolute Gasteiger partial charge is 0.354 e. The number of aliphatic carboxylic acids is 1. The van der Waals surface area contributed by atoms with E-state index in [1.54, 1.807) is 6.92 Å². The summed E-state index contributed by atoms with van der Waals surface area (Å²) in [5, 5.41) is 19.1. The van der Waals surface area contributed by atoms with E-state index in [-0.39, 0.29) is 21.2 Å². The summed E-state index contributed by atoms with van der Waals surface area (Å²) >= 11 is 4.66. The molecule has 2 saturated heterocycles. The zero-order chi connectivity index (χ0) is 16.6. The molecule has 9 heteroatoms. The number of hydrogen-bond donors (Lipinski definition) is 3. The summed E-state index contributed by atoms with van der Waals surface area (Å²) in [6.07, 6.45) is -0.0734. The van der Waals surface area contributed by atoms with Crippen molar-refractivity contribution >= 4 is 47.4 Å². The number of thioether (sulfide) groups is 1. The molecule has 124 valence electrons. The van der Waals surface area contributed by atoms with Gasteiger partial charge in [0.05, 0.1) is 21.5 Å². The molecule has 0 saturated carbocycles. The average molecular weight is 365 g/mol. The van der Waals surface area contributed by atoms with Crippen molar-refractivity contribution in [3.05, 3.63) is 9.93 Å². The minimum absolute atomic E-state index is 0.0573. The van der Waals surface area contributed by atoms with Crippen molar-refractivity contribution in [1.29, 1.82) is 0 Å². The Bertz CT molecular complexity index is 510. The van der Waals surface area contributed by atoms with Gasteiger partial charge in [-0.1, -0.05) is 11.2 Å². The third-order valence-electron chi connectivity index (χ3n) is 3.93. The molecule has 1 amide bonds. The van der Waals surface area contributed by atoms with Gasteiger partial charge in [0.25, 0.3) is 0 Å². The number of carboxylic acids is 1. The number of amides is 1. The molecular weight excluding hydrogens is 346 g/mol. The summed E-state index contributed by atoms with van der Waals surface area (Å²) in [5.41, 5.74) is -0.152. The zero-order valence-corrected chi connectivity index (χ0v) is 14.8.